The second-order valence-electron chi connectivity index (χ2n) is 5.81. The van der Waals surface area contributed by atoms with E-state index in [1.54, 1.807) is 12.1 Å². The highest BCUT2D eigenvalue weighted by atomic mass is 35.5. The first kappa shape index (κ1) is 20.5. The van der Waals surface area contributed by atoms with Gasteiger partial charge in [-0.2, -0.15) is 0 Å². The lowest BCUT2D eigenvalue weighted by Crippen LogP contribution is -2.15. The Morgan fingerprint density at radius 2 is 1.96 bits per heavy atom. The van der Waals surface area contributed by atoms with Gasteiger partial charge in [-0.15, -0.1) is 0 Å². The number of aliphatic hydroxyl groups excluding tert-OH is 1. The molecule has 6 heteroatoms. The lowest BCUT2D eigenvalue weighted by atomic mass is 10.2. The molecule has 0 radical (unpaired) electrons. The summed E-state index contributed by atoms with van der Waals surface area (Å²) in [5.74, 6) is 0.781. The molecule has 142 valence electrons. The summed E-state index contributed by atoms with van der Waals surface area (Å²) in [4.78, 5) is 0. The van der Waals surface area contributed by atoms with E-state index in [2.05, 4.69) is 5.32 Å². The Hall–Kier alpha value is -1.82. The van der Waals surface area contributed by atoms with Gasteiger partial charge in [-0.1, -0.05) is 23.7 Å². The number of halogens is 2. The van der Waals surface area contributed by atoms with Gasteiger partial charge in [0.2, 0.25) is 0 Å². The second-order valence-corrected chi connectivity index (χ2v) is 6.22. The molecular weight excluding hydrogens is 357 g/mol. The topological polar surface area (TPSA) is 50.7 Å². The summed E-state index contributed by atoms with van der Waals surface area (Å²) in [6.45, 7) is 4.19. The van der Waals surface area contributed by atoms with Gasteiger partial charge in [0.1, 0.15) is 12.4 Å². The van der Waals surface area contributed by atoms with Crippen molar-refractivity contribution in [2.45, 2.75) is 32.9 Å². The van der Waals surface area contributed by atoms with Crippen LogP contribution in [-0.4, -0.2) is 24.9 Å². The van der Waals surface area contributed by atoms with E-state index in [9.17, 15) is 4.39 Å². The van der Waals surface area contributed by atoms with Gasteiger partial charge in [0.05, 0.1) is 11.6 Å². The second kappa shape index (κ2) is 11.0. The van der Waals surface area contributed by atoms with Crippen molar-refractivity contribution < 1.29 is 19.0 Å². The molecule has 0 heterocycles. The maximum absolute atomic E-state index is 13.9. The first-order chi connectivity index (χ1) is 12.7. The fourth-order valence-corrected chi connectivity index (χ4v) is 2.68. The highest BCUT2D eigenvalue weighted by molar-refractivity contribution is 6.31. The molecule has 4 nitrogen and oxygen atoms in total. The van der Waals surface area contributed by atoms with Crippen LogP contribution in [0.1, 0.15) is 30.9 Å². The average Bonchev–Trinajstić information content (AvgIpc) is 2.63. The van der Waals surface area contributed by atoms with E-state index in [-0.39, 0.29) is 19.0 Å². The van der Waals surface area contributed by atoms with Crippen LogP contribution in [0.4, 0.5) is 4.39 Å². The number of aliphatic hydroxyl groups is 1. The third-order valence-corrected chi connectivity index (χ3v) is 4.19. The van der Waals surface area contributed by atoms with Crippen molar-refractivity contribution >= 4 is 11.6 Å². The van der Waals surface area contributed by atoms with E-state index >= 15 is 0 Å². The third kappa shape index (κ3) is 6.16. The molecule has 0 aliphatic carbocycles. The van der Waals surface area contributed by atoms with Crippen LogP contribution in [0.15, 0.2) is 36.4 Å². The predicted octanol–water partition coefficient (Wildman–Crippen LogP) is 4.32. The Kier molecular flexibility index (Phi) is 8.68. The van der Waals surface area contributed by atoms with Crippen LogP contribution in [0.25, 0.3) is 0 Å². The van der Waals surface area contributed by atoms with Gasteiger partial charge in [0, 0.05) is 18.7 Å². The molecule has 2 N–H and O–H groups in total. The van der Waals surface area contributed by atoms with E-state index in [4.69, 9.17) is 26.2 Å². The van der Waals surface area contributed by atoms with Crippen molar-refractivity contribution in [3.05, 3.63) is 58.4 Å². The first-order valence-electron chi connectivity index (χ1n) is 8.78. The summed E-state index contributed by atoms with van der Waals surface area (Å²) >= 11 is 6.04. The first-order valence-corrected chi connectivity index (χ1v) is 9.16. The van der Waals surface area contributed by atoms with E-state index in [0.29, 0.717) is 35.2 Å². The Labute approximate surface area is 158 Å². The molecule has 0 saturated carbocycles. The predicted molar refractivity (Wildman–Crippen MR) is 101 cm³/mol. The zero-order chi connectivity index (χ0) is 18.8. The van der Waals surface area contributed by atoms with Crippen LogP contribution >= 0.6 is 11.6 Å². The fourth-order valence-electron chi connectivity index (χ4n) is 2.46. The Morgan fingerprint density at radius 3 is 2.69 bits per heavy atom. The molecule has 0 amide bonds. The molecule has 0 saturated heterocycles. The van der Waals surface area contributed by atoms with Gasteiger partial charge >= 0.3 is 0 Å². The zero-order valence-corrected chi connectivity index (χ0v) is 15.7. The van der Waals surface area contributed by atoms with Crippen molar-refractivity contribution in [2.75, 3.05) is 19.8 Å². The quantitative estimate of drug-likeness (QED) is 0.569. The monoisotopic (exact) mass is 381 g/mol. The minimum Gasteiger partial charge on any atom is -0.490 e. The maximum Gasteiger partial charge on any atom is 0.161 e. The van der Waals surface area contributed by atoms with Gasteiger partial charge in [0.25, 0.3) is 0 Å². The van der Waals surface area contributed by atoms with Crippen LogP contribution in [0.5, 0.6) is 11.5 Å². The Balaban J connectivity index is 2.01. The smallest absolute Gasteiger partial charge is 0.161 e. The molecule has 0 aliphatic heterocycles. The number of benzene rings is 2. The summed E-state index contributed by atoms with van der Waals surface area (Å²) in [5.41, 5.74) is 1.39. The Bertz CT molecular complexity index is 677. The van der Waals surface area contributed by atoms with E-state index in [1.807, 2.05) is 25.1 Å². The largest absolute Gasteiger partial charge is 0.490 e. The van der Waals surface area contributed by atoms with Crippen LogP contribution in [0.2, 0.25) is 5.02 Å². The maximum atomic E-state index is 13.9. The van der Waals surface area contributed by atoms with Crippen molar-refractivity contribution in [1.82, 2.24) is 5.32 Å². The van der Waals surface area contributed by atoms with Crippen LogP contribution in [-0.2, 0) is 13.2 Å². The molecule has 0 spiro atoms. The summed E-state index contributed by atoms with van der Waals surface area (Å²) < 4.78 is 25.3. The van der Waals surface area contributed by atoms with E-state index in [1.165, 1.54) is 6.07 Å². The molecule has 0 fully saturated rings. The van der Waals surface area contributed by atoms with E-state index < -0.39 is 0 Å². The molecule has 2 aromatic carbocycles. The van der Waals surface area contributed by atoms with Crippen LogP contribution < -0.4 is 14.8 Å². The number of unbranched alkanes of at least 4 members (excludes halogenated alkanes) is 1. The van der Waals surface area contributed by atoms with Gasteiger partial charge in [-0.25, -0.2) is 4.39 Å². The lowest BCUT2D eigenvalue weighted by Gasteiger charge is -2.14. The van der Waals surface area contributed by atoms with Crippen molar-refractivity contribution in [3.8, 4) is 11.5 Å². The standard InChI is InChI=1S/C20H25ClFNO3/c1-2-25-20-12-15(13-23-10-3-4-11-24)8-9-19(20)26-14-16-17(21)6-5-7-18(16)22/h5-9,12,23-24H,2-4,10-11,13-14H2,1H3. The molecule has 0 aliphatic rings. The molecule has 0 atom stereocenters. The van der Waals surface area contributed by atoms with Crippen molar-refractivity contribution in [1.29, 1.82) is 0 Å². The minimum atomic E-state index is -0.390. The highest BCUT2D eigenvalue weighted by Gasteiger charge is 2.11. The van der Waals surface area contributed by atoms with Gasteiger partial charge in [0.15, 0.2) is 11.5 Å². The van der Waals surface area contributed by atoms with Crippen LogP contribution in [0, 0.1) is 5.82 Å². The molecule has 2 aromatic rings. The number of rotatable bonds is 11. The molecule has 26 heavy (non-hydrogen) atoms. The molecule has 2 rings (SSSR count). The van der Waals surface area contributed by atoms with Crippen molar-refractivity contribution in [3.63, 3.8) is 0 Å². The average molecular weight is 382 g/mol. The number of hydrogen-bond acceptors (Lipinski definition) is 4. The van der Waals surface area contributed by atoms with Gasteiger partial charge < -0.3 is 19.9 Å². The fraction of sp³-hybridized carbons (Fsp3) is 0.400. The zero-order valence-electron chi connectivity index (χ0n) is 14.9. The van der Waals surface area contributed by atoms with E-state index in [0.717, 1.165) is 24.9 Å². The summed E-state index contributed by atoms with van der Waals surface area (Å²) in [6, 6.07) is 10.2. The number of nitrogens with one attached hydrogen (secondary N) is 1. The highest BCUT2D eigenvalue weighted by Crippen LogP contribution is 2.30. The number of ether oxygens (including phenoxy) is 2. The normalized spacial score (nSPS) is 10.8. The summed E-state index contributed by atoms with van der Waals surface area (Å²) in [7, 11) is 0. The van der Waals surface area contributed by atoms with Gasteiger partial charge in [-0.05, 0) is 56.1 Å². The van der Waals surface area contributed by atoms with Crippen molar-refractivity contribution in [2.24, 2.45) is 0 Å². The SMILES string of the molecule is CCOc1cc(CNCCCCO)ccc1OCc1c(F)cccc1Cl. The van der Waals surface area contributed by atoms with Gasteiger partial charge in [-0.3, -0.25) is 0 Å². The molecule has 0 aromatic heterocycles. The molecular formula is C20H25ClFNO3. The lowest BCUT2D eigenvalue weighted by molar-refractivity contribution is 0.265. The minimum absolute atomic E-state index is 0.0321. The number of hydrogen-bond donors (Lipinski definition) is 2. The molecule has 0 bridgehead atoms. The summed E-state index contributed by atoms with van der Waals surface area (Å²) in [6.07, 6.45) is 1.72. The molecule has 0 unspecified atom stereocenters. The Morgan fingerprint density at radius 1 is 1.12 bits per heavy atom. The third-order valence-electron chi connectivity index (χ3n) is 3.83. The summed E-state index contributed by atoms with van der Waals surface area (Å²) in [5, 5.41) is 12.4. The van der Waals surface area contributed by atoms with Crippen LogP contribution in [0.3, 0.4) is 0 Å².